The molecule has 0 radical (unpaired) electrons. The molecule has 1 aromatic carbocycles. The number of nitrogens with zero attached hydrogens (tertiary/aromatic N) is 2. The average Bonchev–Trinajstić information content (AvgIpc) is 3.03. The van der Waals surface area contributed by atoms with E-state index in [2.05, 4.69) is 31.1 Å². The van der Waals surface area contributed by atoms with Gasteiger partial charge in [0.25, 0.3) is 5.56 Å². The highest BCUT2D eigenvalue weighted by atomic mass is 16.5. The summed E-state index contributed by atoms with van der Waals surface area (Å²) in [5.74, 6) is 0. The van der Waals surface area contributed by atoms with Crippen LogP contribution in [-0.2, 0) is 16.7 Å². The van der Waals surface area contributed by atoms with E-state index < -0.39 is 0 Å². The van der Waals surface area contributed by atoms with Crippen LogP contribution in [0, 0.1) is 0 Å². The summed E-state index contributed by atoms with van der Waals surface area (Å²) in [7, 11) is 0. The first-order valence-corrected chi connectivity index (χ1v) is 10.3. The van der Waals surface area contributed by atoms with Crippen molar-refractivity contribution >= 4 is 11.0 Å². The lowest BCUT2D eigenvalue weighted by atomic mass is 9.90. The van der Waals surface area contributed by atoms with Gasteiger partial charge in [0.2, 0.25) is 0 Å². The van der Waals surface area contributed by atoms with Crippen molar-refractivity contribution in [2.45, 2.75) is 59.1 Å². The molecule has 3 aromatic rings. The number of hydrogen-bond acceptors (Lipinski definition) is 4. The van der Waals surface area contributed by atoms with Gasteiger partial charge in [-0.15, -0.1) is 0 Å². The number of fused-ring (bicyclic) bond motifs is 1. The van der Waals surface area contributed by atoms with E-state index in [-0.39, 0.29) is 17.1 Å². The maximum Gasteiger partial charge on any atom is 0.254 e. The summed E-state index contributed by atoms with van der Waals surface area (Å²) in [5.41, 5.74) is 3.13. The summed E-state index contributed by atoms with van der Waals surface area (Å²) in [5, 5.41) is 9.20. The van der Waals surface area contributed by atoms with Crippen molar-refractivity contribution in [2.75, 3.05) is 13.2 Å². The van der Waals surface area contributed by atoms with E-state index in [0.29, 0.717) is 6.54 Å². The van der Waals surface area contributed by atoms with Gasteiger partial charge in [-0.25, -0.2) is 4.68 Å². The zero-order valence-corrected chi connectivity index (χ0v) is 18.1. The fourth-order valence-electron chi connectivity index (χ4n) is 3.30. The molecule has 0 aliphatic heterocycles. The fourth-order valence-corrected chi connectivity index (χ4v) is 3.30. The standard InChI is InChI=1S/C23H32N4O2/c1-16(2)29-13-9-12-24-15-17-14-19-20(23(3,4)5)26-27(21(19)25-22(17)28)18-10-7-6-8-11-18/h6-8,10-11,14,16,24H,9,12-13,15H2,1-5H3,(H,25,28). The summed E-state index contributed by atoms with van der Waals surface area (Å²) < 4.78 is 7.39. The molecule has 2 N–H and O–H groups in total. The second kappa shape index (κ2) is 8.93. The molecular weight excluding hydrogens is 364 g/mol. The molecule has 0 saturated carbocycles. The molecule has 0 amide bonds. The van der Waals surface area contributed by atoms with Gasteiger partial charge in [0.1, 0.15) is 5.65 Å². The van der Waals surface area contributed by atoms with Crippen molar-refractivity contribution in [1.82, 2.24) is 20.1 Å². The molecule has 2 aromatic heterocycles. The lowest BCUT2D eigenvalue weighted by molar-refractivity contribution is 0.0770. The van der Waals surface area contributed by atoms with E-state index in [1.54, 1.807) is 0 Å². The van der Waals surface area contributed by atoms with Gasteiger partial charge in [0, 0.05) is 29.5 Å². The monoisotopic (exact) mass is 396 g/mol. The molecule has 0 spiro atoms. The van der Waals surface area contributed by atoms with E-state index in [1.165, 1.54) is 0 Å². The van der Waals surface area contributed by atoms with Crippen LogP contribution in [0.25, 0.3) is 16.7 Å². The number of pyridine rings is 1. The van der Waals surface area contributed by atoms with Crippen LogP contribution >= 0.6 is 0 Å². The summed E-state index contributed by atoms with van der Waals surface area (Å²) in [6.07, 6.45) is 1.16. The normalized spacial score (nSPS) is 12.2. The Kier molecular flexibility index (Phi) is 6.55. The number of H-pyrrole nitrogens is 1. The van der Waals surface area contributed by atoms with E-state index in [1.807, 2.05) is 54.9 Å². The number of benzene rings is 1. The topological polar surface area (TPSA) is 71.9 Å². The Hall–Kier alpha value is -2.44. The molecule has 0 unspecified atom stereocenters. The molecule has 0 bridgehead atoms. The van der Waals surface area contributed by atoms with Crippen LogP contribution in [0.2, 0.25) is 0 Å². The predicted molar refractivity (Wildman–Crippen MR) is 118 cm³/mol. The number of nitrogens with one attached hydrogen (secondary N) is 2. The van der Waals surface area contributed by atoms with Gasteiger partial charge < -0.3 is 15.0 Å². The Morgan fingerprint density at radius 3 is 2.59 bits per heavy atom. The SMILES string of the molecule is CC(C)OCCCNCc1cc2c(C(C)(C)C)nn(-c3ccccc3)c2[nH]c1=O. The maximum absolute atomic E-state index is 12.7. The van der Waals surface area contributed by atoms with E-state index in [4.69, 9.17) is 9.84 Å². The van der Waals surface area contributed by atoms with Crippen LogP contribution in [0.4, 0.5) is 0 Å². The Morgan fingerprint density at radius 2 is 1.93 bits per heavy atom. The number of aromatic nitrogens is 3. The third-order valence-corrected chi connectivity index (χ3v) is 4.74. The lowest BCUT2D eigenvalue weighted by Gasteiger charge is -2.15. The molecule has 0 atom stereocenters. The number of hydrogen-bond donors (Lipinski definition) is 2. The predicted octanol–water partition coefficient (Wildman–Crippen LogP) is 3.92. The molecule has 0 fully saturated rings. The van der Waals surface area contributed by atoms with Crippen molar-refractivity contribution in [3.05, 3.63) is 58.0 Å². The second-order valence-electron chi connectivity index (χ2n) is 8.68. The second-order valence-corrected chi connectivity index (χ2v) is 8.68. The molecule has 3 rings (SSSR count). The van der Waals surface area contributed by atoms with Gasteiger partial charge in [0.05, 0.1) is 17.5 Å². The van der Waals surface area contributed by atoms with Gasteiger partial charge in [-0.05, 0) is 45.0 Å². The number of rotatable bonds is 8. The first-order chi connectivity index (χ1) is 13.8. The van der Waals surface area contributed by atoms with E-state index in [9.17, 15) is 4.79 Å². The lowest BCUT2D eigenvalue weighted by Crippen LogP contribution is -2.23. The van der Waals surface area contributed by atoms with Gasteiger partial charge in [-0.1, -0.05) is 39.0 Å². The Bertz CT molecular complexity index is 997. The first-order valence-electron chi connectivity index (χ1n) is 10.3. The molecule has 0 aliphatic rings. The van der Waals surface area contributed by atoms with Gasteiger partial charge >= 0.3 is 0 Å². The fraction of sp³-hybridized carbons (Fsp3) is 0.478. The Morgan fingerprint density at radius 1 is 1.21 bits per heavy atom. The van der Waals surface area contributed by atoms with Crippen LogP contribution in [0.1, 0.15) is 52.3 Å². The van der Waals surface area contributed by atoms with Gasteiger partial charge in [0.15, 0.2) is 0 Å². The van der Waals surface area contributed by atoms with E-state index >= 15 is 0 Å². The Labute approximate surface area is 172 Å². The number of ether oxygens (including phenoxy) is 1. The van der Waals surface area contributed by atoms with Gasteiger partial charge in [-0.3, -0.25) is 4.79 Å². The smallest absolute Gasteiger partial charge is 0.254 e. The molecule has 6 heteroatoms. The highest BCUT2D eigenvalue weighted by molar-refractivity contribution is 5.81. The van der Waals surface area contributed by atoms with Gasteiger partial charge in [-0.2, -0.15) is 5.10 Å². The van der Waals surface area contributed by atoms with E-state index in [0.717, 1.165) is 47.6 Å². The molecule has 0 saturated heterocycles. The molecule has 29 heavy (non-hydrogen) atoms. The minimum Gasteiger partial charge on any atom is -0.379 e. The molecule has 156 valence electrons. The summed E-state index contributed by atoms with van der Waals surface area (Å²) >= 11 is 0. The number of para-hydroxylation sites is 1. The van der Waals surface area contributed by atoms with Crippen molar-refractivity contribution in [3.8, 4) is 5.69 Å². The minimum absolute atomic E-state index is 0.0824. The van der Waals surface area contributed by atoms with Crippen LogP contribution in [-0.4, -0.2) is 34.0 Å². The third-order valence-electron chi connectivity index (χ3n) is 4.74. The zero-order valence-electron chi connectivity index (χ0n) is 18.1. The quantitative estimate of drug-likeness (QED) is 0.566. The molecular formula is C23H32N4O2. The van der Waals surface area contributed by atoms with Crippen molar-refractivity contribution < 1.29 is 4.74 Å². The summed E-state index contributed by atoms with van der Waals surface area (Å²) in [6, 6.07) is 11.9. The third kappa shape index (κ3) is 5.14. The zero-order chi connectivity index (χ0) is 21.0. The average molecular weight is 397 g/mol. The van der Waals surface area contributed by atoms with Crippen molar-refractivity contribution in [3.63, 3.8) is 0 Å². The summed E-state index contributed by atoms with van der Waals surface area (Å²) in [6.45, 7) is 12.5. The molecule has 0 aliphatic carbocycles. The van der Waals surface area contributed by atoms with Crippen molar-refractivity contribution in [1.29, 1.82) is 0 Å². The Balaban J connectivity index is 1.89. The van der Waals surface area contributed by atoms with Crippen LogP contribution in [0.5, 0.6) is 0 Å². The largest absolute Gasteiger partial charge is 0.379 e. The molecule has 6 nitrogen and oxygen atoms in total. The maximum atomic E-state index is 12.7. The molecule has 2 heterocycles. The van der Waals surface area contributed by atoms with Crippen molar-refractivity contribution in [2.24, 2.45) is 0 Å². The first kappa shape index (κ1) is 21.3. The number of aromatic amines is 1. The van der Waals surface area contributed by atoms with Crippen LogP contribution < -0.4 is 10.9 Å². The summed E-state index contributed by atoms with van der Waals surface area (Å²) in [4.78, 5) is 15.8. The van der Waals surface area contributed by atoms with Crippen LogP contribution in [0.15, 0.2) is 41.2 Å². The highest BCUT2D eigenvalue weighted by Crippen LogP contribution is 2.29. The minimum atomic E-state index is -0.143. The highest BCUT2D eigenvalue weighted by Gasteiger charge is 2.24. The van der Waals surface area contributed by atoms with Crippen LogP contribution in [0.3, 0.4) is 0 Å².